The number of amides is 1. The molecular weight excluding hydrogens is 238 g/mol. The van der Waals surface area contributed by atoms with E-state index in [1.165, 1.54) is 12.3 Å². The van der Waals surface area contributed by atoms with Gasteiger partial charge in [-0.2, -0.15) is 0 Å². The van der Waals surface area contributed by atoms with Crippen LogP contribution in [0.4, 0.5) is 8.78 Å². The van der Waals surface area contributed by atoms with Crippen molar-refractivity contribution < 1.29 is 13.6 Å². The van der Waals surface area contributed by atoms with Gasteiger partial charge < -0.3 is 5.32 Å². The number of nitrogens with zero attached hydrogens (tertiary/aromatic N) is 1. The Morgan fingerprint density at radius 1 is 1.44 bits per heavy atom. The lowest BCUT2D eigenvalue weighted by Gasteiger charge is -2.19. The van der Waals surface area contributed by atoms with Crippen LogP contribution in [-0.4, -0.2) is 16.9 Å². The van der Waals surface area contributed by atoms with Gasteiger partial charge in [-0.15, -0.1) is 0 Å². The Hall–Kier alpha value is -1.52. The highest BCUT2D eigenvalue weighted by molar-refractivity contribution is 5.94. The summed E-state index contributed by atoms with van der Waals surface area (Å²) in [6.45, 7) is 5.97. The standard InChI is InChI=1S/C13H18F2N2O/c1-4-8(2)9(3)17-13(18)10-5-6-16-11(7-10)12(14)15/h5-9,12H,4H2,1-3H3,(H,17,18). The fourth-order valence-corrected chi connectivity index (χ4v) is 1.49. The average molecular weight is 256 g/mol. The van der Waals surface area contributed by atoms with E-state index in [0.29, 0.717) is 5.92 Å². The molecule has 3 nitrogen and oxygen atoms in total. The molecule has 1 rings (SSSR count). The zero-order valence-electron chi connectivity index (χ0n) is 10.8. The summed E-state index contributed by atoms with van der Waals surface area (Å²) in [4.78, 5) is 15.4. The third-order valence-electron chi connectivity index (χ3n) is 3.12. The van der Waals surface area contributed by atoms with Gasteiger partial charge in [-0.05, 0) is 25.0 Å². The Morgan fingerprint density at radius 2 is 2.11 bits per heavy atom. The topological polar surface area (TPSA) is 42.0 Å². The summed E-state index contributed by atoms with van der Waals surface area (Å²) in [7, 11) is 0. The molecule has 5 heteroatoms. The molecule has 0 bridgehead atoms. The molecule has 1 heterocycles. The number of aromatic nitrogens is 1. The lowest BCUT2D eigenvalue weighted by atomic mass is 10.0. The van der Waals surface area contributed by atoms with Gasteiger partial charge in [0.05, 0.1) is 0 Å². The van der Waals surface area contributed by atoms with E-state index >= 15 is 0 Å². The smallest absolute Gasteiger partial charge is 0.280 e. The molecule has 0 aliphatic heterocycles. The normalized spacial score (nSPS) is 14.3. The van der Waals surface area contributed by atoms with Crippen molar-refractivity contribution >= 4 is 5.91 Å². The van der Waals surface area contributed by atoms with Gasteiger partial charge in [0.1, 0.15) is 5.69 Å². The average Bonchev–Trinajstić information content (AvgIpc) is 2.37. The highest BCUT2D eigenvalue weighted by Crippen LogP contribution is 2.17. The molecule has 0 aromatic carbocycles. The summed E-state index contributed by atoms with van der Waals surface area (Å²) in [6.07, 6.45) is -0.491. The molecule has 1 aromatic rings. The van der Waals surface area contributed by atoms with Gasteiger partial charge in [0.2, 0.25) is 0 Å². The molecule has 100 valence electrons. The fourth-order valence-electron chi connectivity index (χ4n) is 1.49. The highest BCUT2D eigenvalue weighted by Gasteiger charge is 2.16. The van der Waals surface area contributed by atoms with Gasteiger partial charge in [-0.3, -0.25) is 9.78 Å². The lowest BCUT2D eigenvalue weighted by molar-refractivity contribution is 0.0927. The number of pyridine rings is 1. The molecule has 2 atom stereocenters. The molecule has 1 aromatic heterocycles. The summed E-state index contributed by atoms with van der Waals surface area (Å²) in [5.41, 5.74) is -0.158. The Kier molecular flexibility index (Phi) is 5.19. The first kappa shape index (κ1) is 14.5. The quantitative estimate of drug-likeness (QED) is 0.879. The Bertz CT molecular complexity index is 410. The molecule has 0 radical (unpaired) electrons. The fraction of sp³-hybridized carbons (Fsp3) is 0.538. The van der Waals surface area contributed by atoms with Crippen LogP contribution in [-0.2, 0) is 0 Å². The molecule has 18 heavy (non-hydrogen) atoms. The van der Waals surface area contributed by atoms with Crippen LogP contribution >= 0.6 is 0 Å². The number of hydrogen-bond donors (Lipinski definition) is 1. The van der Waals surface area contributed by atoms with Crippen LogP contribution in [0.15, 0.2) is 18.3 Å². The van der Waals surface area contributed by atoms with E-state index in [1.54, 1.807) is 0 Å². The maximum Gasteiger partial charge on any atom is 0.280 e. The van der Waals surface area contributed by atoms with E-state index in [4.69, 9.17) is 0 Å². The van der Waals surface area contributed by atoms with Gasteiger partial charge in [0.15, 0.2) is 0 Å². The Morgan fingerprint density at radius 3 is 2.67 bits per heavy atom. The molecule has 1 amide bonds. The van der Waals surface area contributed by atoms with Gasteiger partial charge in [-0.25, -0.2) is 8.78 Å². The molecule has 0 spiro atoms. The number of rotatable bonds is 5. The van der Waals surface area contributed by atoms with Crippen LogP contribution in [0.3, 0.4) is 0 Å². The first-order valence-electron chi connectivity index (χ1n) is 6.00. The van der Waals surface area contributed by atoms with Crippen molar-refractivity contribution in [3.63, 3.8) is 0 Å². The highest BCUT2D eigenvalue weighted by atomic mass is 19.3. The summed E-state index contributed by atoms with van der Waals surface area (Å²) in [5.74, 6) is -0.00236. The van der Waals surface area contributed by atoms with Crippen LogP contribution in [0.5, 0.6) is 0 Å². The van der Waals surface area contributed by atoms with E-state index in [0.717, 1.165) is 12.5 Å². The molecule has 0 saturated heterocycles. The molecule has 2 unspecified atom stereocenters. The molecule has 0 aliphatic rings. The summed E-state index contributed by atoms with van der Waals surface area (Å²) in [6, 6.07) is 2.57. The van der Waals surface area contributed by atoms with Crippen molar-refractivity contribution in [1.29, 1.82) is 0 Å². The van der Waals surface area contributed by atoms with Crippen molar-refractivity contribution in [3.8, 4) is 0 Å². The van der Waals surface area contributed by atoms with E-state index in [2.05, 4.69) is 10.3 Å². The van der Waals surface area contributed by atoms with E-state index in [9.17, 15) is 13.6 Å². The van der Waals surface area contributed by atoms with Crippen molar-refractivity contribution in [1.82, 2.24) is 10.3 Å². The van der Waals surface area contributed by atoms with Crippen LogP contribution in [0, 0.1) is 5.92 Å². The van der Waals surface area contributed by atoms with Crippen LogP contribution in [0.25, 0.3) is 0 Å². The summed E-state index contributed by atoms with van der Waals surface area (Å²) in [5, 5.41) is 2.80. The second kappa shape index (κ2) is 6.42. The Balaban J connectivity index is 2.75. The molecule has 1 N–H and O–H groups in total. The maximum atomic E-state index is 12.5. The van der Waals surface area contributed by atoms with E-state index in [-0.39, 0.29) is 23.2 Å². The molecule has 0 aliphatic carbocycles. The van der Waals surface area contributed by atoms with Crippen molar-refractivity contribution in [2.75, 3.05) is 0 Å². The summed E-state index contributed by atoms with van der Waals surface area (Å²) >= 11 is 0. The minimum Gasteiger partial charge on any atom is -0.349 e. The zero-order chi connectivity index (χ0) is 13.7. The lowest BCUT2D eigenvalue weighted by Crippen LogP contribution is -2.36. The minimum absolute atomic E-state index is 0.00525. The molecule has 0 fully saturated rings. The predicted molar refractivity (Wildman–Crippen MR) is 65.6 cm³/mol. The van der Waals surface area contributed by atoms with Gasteiger partial charge in [0.25, 0.3) is 12.3 Å². The third-order valence-corrected chi connectivity index (χ3v) is 3.12. The Labute approximate surface area is 106 Å². The first-order chi connectivity index (χ1) is 8.45. The predicted octanol–water partition coefficient (Wildman–Crippen LogP) is 3.18. The number of nitrogens with one attached hydrogen (secondary N) is 1. The summed E-state index contributed by atoms with van der Waals surface area (Å²) < 4.78 is 24.9. The minimum atomic E-state index is -2.66. The number of halogens is 2. The molecule has 0 saturated carbocycles. The SMILES string of the molecule is CCC(C)C(C)NC(=O)c1ccnc(C(F)F)c1. The van der Waals surface area contributed by atoms with Crippen molar-refractivity contribution in [2.24, 2.45) is 5.92 Å². The van der Waals surface area contributed by atoms with Gasteiger partial charge in [-0.1, -0.05) is 20.3 Å². The van der Waals surface area contributed by atoms with Crippen LogP contribution in [0.1, 0.15) is 49.7 Å². The zero-order valence-corrected chi connectivity index (χ0v) is 10.8. The van der Waals surface area contributed by atoms with Crippen LogP contribution in [0.2, 0.25) is 0 Å². The molecular formula is C13H18F2N2O. The van der Waals surface area contributed by atoms with Gasteiger partial charge >= 0.3 is 0 Å². The number of carbonyl (C=O) groups is 1. The van der Waals surface area contributed by atoms with Crippen molar-refractivity contribution in [2.45, 2.75) is 39.7 Å². The monoisotopic (exact) mass is 256 g/mol. The second-order valence-electron chi connectivity index (χ2n) is 4.42. The van der Waals surface area contributed by atoms with E-state index in [1.807, 2.05) is 20.8 Å². The number of carbonyl (C=O) groups excluding carboxylic acids is 1. The number of alkyl halides is 2. The maximum absolute atomic E-state index is 12.5. The third kappa shape index (κ3) is 3.75. The van der Waals surface area contributed by atoms with Crippen LogP contribution < -0.4 is 5.32 Å². The first-order valence-corrected chi connectivity index (χ1v) is 6.00. The largest absolute Gasteiger partial charge is 0.349 e. The van der Waals surface area contributed by atoms with Gasteiger partial charge in [0, 0.05) is 17.8 Å². The second-order valence-corrected chi connectivity index (χ2v) is 4.42. The number of hydrogen-bond acceptors (Lipinski definition) is 2. The van der Waals surface area contributed by atoms with E-state index < -0.39 is 6.43 Å². The van der Waals surface area contributed by atoms with Crippen molar-refractivity contribution in [3.05, 3.63) is 29.6 Å².